The summed E-state index contributed by atoms with van der Waals surface area (Å²) in [6.45, 7) is 0. The molecular formula is C9H4BrF3INS. The molecule has 0 aliphatic heterocycles. The summed E-state index contributed by atoms with van der Waals surface area (Å²) in [6.07, 6.45) is 1.62. The van der Waals surface area contributed by atoms with Crippen LogP contribution in [0, 0.1) is 3.57 Å². The highest BCUT2D eigenvalue weighted by atomic mass is 127. The average molecular weight is 422 g/mol. The summed E-state index contributed by atoms with van der Waals surface area (Å²) in [5.74, 6) is 0. The van der Waals surface area contributed by atoms with Crippen molar-refractivity contribution in [2.45, 2.75) is 10.5 Å². The summed E-state index contributed by atoms with van der Waals surface area (Å²) in [4.78, 5) is 0. The van der Waals surface area contributed by atoms with E-state index in [1.165, 1.54) is 4.40 Å². The lowest BCUT2D eigenvalue weighted by Gasteiger charge is -2.06. The number of nitrogens with zero attached hydrogens (tertiary/aromatic N) is 1. The predicted molar refractivity (Wildman–Crippen MR) is 69.7 cm³/mol. The number of rotatable bonds is 1. The number of hydrogen-bond acceptors (Lipinski definition) is 1. The maximum absolute atomic E-state index is 12.4. The van der Waals surface area contributed by atoms with Crippen LogP contribution in [0.25, 0.3) is 5.52 Å². The molecule has 1 nitrogen and oxygen atoms in total. The maximum atomic E-state index is 12.4. The molecule has 0 N–H and O–H groups in total. The molecule has 0 aliphatic rings. The van der Waals surface area contributed by atoms with Crippen LogP contribution in [0.2, 0.25) is 0 Å². The lowest BCUT2D eigenvalue weighted by Crippen LogP contribution is -2.01. The molecular weight excluding hydrogens is 418 g/mol. The fraction of sp³-hybridized carbons (Fsp3) is 0.111. The summed E-state index contributed by atoms with van der Waals surface area (Å²) in [7, 11) is 0. The fourth-order valence-electron chi connectivity index (χ4n) is 1.31. The van der Waals surface area contributed by atoms with E-state index in [-0.39, 0.29) is 16.8 Å². The highest BCUT2D eigenvalue weighted by Crippen LogP contribution is 2.40. The van der Waals surface area contributed by atoms with Crippen molar-refractivity contribution in [1.29, 1.82) is 0 Å². The number of pyridine rings is 1. The van der Waals surface area contributed by atoms with Crippen LogP contribution in [0.5, 0.6) is 0 Å². The van der Waals surface area contributed by atoms with Crippen LogP contribution < -0.4 is 0 Å². The van der Waals surface area contributed by atoms with Gasteiger partial charge in [0.1, 0.15) is 5.03 Å². The van der Waals surface area contributed by atoms with E-state index in [0.717, 1.165) is 9.99 Å². The molecule has 0 spiro atoms. The lowest BCUT2D eigenvalue weighted by atomic mass is 10.4. The van der Waals surface area contributed by atoms with Crippen molar-refractivity contribution in [1.82, 2.24) is 4.40 Å². The first-order valence-electron chi connectivity index (χ1n) is 4.09. The van der Waals surface area contributed by atoms with E-state index in [1.54, 1.807) is 24.4 Å². The van der Waals surface area contributed by atoms with Crippen molar-refractivity contribution < 1.29 is 13.2 Å². The van der Waals surface area contributed by atoms with Gasteiger partial charge in [0.2, 0.25) is 0 Å². The third kappa shape index (κ3) is 2.51. The van der Waals surface area contributed by atoms with Gasteiger partial charge < -0.3 is 4.40 Å². The minimum absolute atomic E-state index is 0.0931. The highest BCUT2D eigenvalue weighted by molar-refractivity contribution is 14.1. The van der Waals surface area contributed by atoms with E-state index < -0.39 is 5.51 Å². The molecule has 0 aromatic carbocycles. The van der Waals surface area contributed by atoms with Crippen LogP contribution in [-0.4, -0.2) is 9.91 Å². The second-order valence-electron chi connectivity index (χ2n) is 2.96. The van der Waals surface area contributed by atoms with Crippen molar-refractivity contribution >= 4 is 55.8 Å². The zero-order valence-corrected chi connectivity index (χ0v) is 12.1. The van der Waals surface area contributed by atoms with Gasteiger partial charge in [0.25, 0.3) is 0 Å². The van der Waals surface area contributed by atoms with Crippen molar-refractivity contribution in [3.63, 3.8) is 0 Å². The van der Waals surface area contributed by atoms with E-state index >= 15 is 0 Å². The third-order valence-electron chi connectivity index (χ3n) is 1.88. The Hall–Kier alpha value is 0.110. The minimum Gasteiger partial charge on any atom is -0.309 e. The maximum Gasteiger partial charge on any atom is 0.447 e. The Morgan fingerprint density at radius 1 is 1.38 bits per heavy atom. The normalized spacial score (nSPS) is 12.3. The largest absolute Gasteiger partial charge is 0.447 e. The van der Waals surface area contributed by atoms with Crippen LogP contribution >= 0.6 is 50.3 Å². The second kappa shape index (κ2) is 4.41. The van der Waals surface area contributed by atoms with Crippen molar-refractivity contribution in [3.05, 3.63) is 32.4 Å². The van der Waals surface area contributed by atoms with Crippen LogP contribution in [0.1, 0.15) is 0 Å². The summed E-state index contributed by atoms with van der Waals surface area (Å²) >= 11 is 5.12. The molecule has 2 aromatic heterocycles. The van der Waals surface area contributed by atoms with Gasteiger partial charge in [0.15, 0.2) is 0 Å². The SMILES string of the molecule is FC(F)(F)Sc1c(I)cc2c(Br)cccn12. The van der Waals surface area contributed by atoms with Gasteiger partial charge in [0, 0.05) is 26.0 Å². The van der Waals surface area contributed by atoms with Gasteiger partial charge in [0.05, 0.1) is 5.52 Å². The Morgan fingerprint density at radius 3 is 2.69 bits per heavy atom. The zero-order chi connectivity index (χ0) is 11.9. The Kier molecular flexibility index (Phi) is 3.47. The van der Waals surface area contributed by atoms with E-state index in [4.69, 9.17) is 0 Å². The van der Waals surface area contributed by atoms with E-state index in [9.17, 15) is 13.2 Å². The first kappa shape index (κ1) is 12.6. The molecule has 16 heavy (non-hydrogen) atoms. The van der Waals surface area contributed by atoms with Gasteiger partial charge in [-0.25, -0.2) is 0 Å². The summed E-state index contributed by atoms with van der Waals surface area (Å²) < 4.78 is 40.0. The summed E-state index contributed by atoms with van der Waals surface area (Å²) in [6, 6.07) is 5.22. The monoisotopic (exact) mass is 421 g/mol. The highest BCUT2D eigenvalue weighted by Gasteiger charge is 2.32. The van der Waals surface area contributed by atoms with Gasteiger partial charge in [-0.3, -0.25) is 0 Å². The minimum atomic E-state index is -4.27. The number of hydrogen-bond donors (Lipinski definition) is 0. The molecule has 0 aliphatic carbocycles. The van der Waals surface area contributed by atoms with Crippen LogP contribution in [0.15, 0.2) is 33.9 Å². The Morgan fingerprint density at radius 2 is 2.06 bits per heavy atom. The predicted octanol–water partition coefficient (Wildman–Crippen LogP) is 4.92. The smallest absolute Gasteiger partial charge is 0.309 e. The molecule has 2 rings (SSSR count). The molecule has 0 bridgehead atoms. The third-order valence-corrected chi connectivity index (χ3v) is 4.58. The summed E-state index contributed by atoms with van der Waals surface area (Å²) in [5, 5.41) is 0.199. The van der Waals surface area contributed by atoms with Gasteiger partial charge >= 0.3 is 5.51 Å². The molecule has 2 heterocycles. The van der Waals surface area contributed by atoms with E-state index in [0.29, 0.717) is 3.57 Å². The number of alkyl halides is 3. The molecule has 0 amide bonds. The van der Waals surface area contributed by atoms with Gasteiger partial charge in [-0.2, -0.15) is 13.2 Å². The van der Waals surface area contributed by atoms with Gasteiger partial charge in [-0.1, -0.05) is 0 Å². The second-order valence-corrected chi connectivity index (χ2v) is 6.03. The van der Waals surface area contributed by atoms with Crippen LogP contribution in [0.4, 0.5) is 13.2 Å². The van der Waals surface area contributed by atoms with Crippen LogP contribution in [-0.2, 0) is 0 Å². The van der Waals surface area contributed by atoms with E-state index in [2.05, 4.69) is 15.9 Å². The molecule has 0 unspecified atom stereocenters. The van der Waals surface area contributed by atoms with Crippen molar-refractivity contribution in [2.75, 3.05) is 0 Å². The first-order chi connectivity index (χ1) is 7.38. The molecule has 86 valence electrons. The lowest BCUT2D eigenvalue weighted by molar-refractivity contribution is -0.0330. The molecule has 2 aromatic rings. The zero-order valence-electron chi connectivity index (χ0n) is 7.55. The number of fused-ring (bicyclic) bond motifs is 1. The van der Waals surface area contributed by atoms with Gasteiger partial charge in [-0.15, -0.1) is 0 Å². The fourth-order valence-corrected chi connectivity index (χ4v) is 3.29. The van der Waals surface area contributed by atoms with Crippen molar-refractivity contribution in [2.24, 2.45) is 0 Å². The Balaban J connectivity index is 2.61. The van der Waals surface area contributed by atoms with Crippen molar-refractivity contribution in [3.8, 4) is 0 Å². The average Bonchev–Trinajstić information content (AvgIpc) is 2.44. The topological polar surface area (TPSA) is 4.41 Å². The molecule has 0 saturated carbocycles. The van der Waals surface area contributed by atoms with E-state index in [1.807, 2.05) is 22.6 Å². The first-order valence-corrected chi connectivity index (χ1v) is 6.78. The molecule has 0 radical (unpaired) electrons. The quantitative estimate of drug-likeness (QED) is 0.467. The molecule has 7 heteroatoms. The van der Waals surface area contributed by atoms with Gasteiger partial charge in [-0.05, 0) is 56.7 Å². The standard InChI is InChI=1S/C9H4BrF3INS/c10-5-2-1-3-15-7(5)4-6(14)8(15)16-9(11,12)13/h1-4H. The number of halogens is 5. The number of aromatic nitrogens is 1. The van der Waals surface area contributed by atoms with Crippen LogP contribution in [0.3, 0.4) is 0 Å². The molecule has 0 saturated heterocycles. The molecule has 0 atom stereocenters. The Bertz CT molecular complexity index is 537. The molecule has 0 fully saturated rings. The number of thioether (sulfide) groups is 1. The Labute approximate surface area is 116 Å². The summed E-state index contributed by atoms with van der Waals surface area (Å²) in [5.41, 5.74) is -3.53.